The van der Waals surface area contributed by atoms with Crippen molar-refractivity contribution in [1.29, 1.82) is 5.26 Å². The van der Waals surface area contributed by atoms with Crippen LogP contribution < -0.4 is 14.7 Å². The topological polar surface area (TPSA) is 59.3 Å². The number of nitriles is 1. The highest BCUT2D eigenvalue weighted by molar-refractivity contribution is 5.52. The van der Waals surface area contributed by atoms with Crippen molar-refractivity contribution in [1.82, 2.24) is 9.97 Å². The van der Waals surface area contributed by atoms with Gasteiger partial charge in [0.2, 0.25) is 5.95 Å². The molecule has 6 nitrogen and oxygen atoms in total. The average Bonchev–Trinajstić information content (AvgIpc) is 2.75. The molecule has 2 aliphatic heterocycles. The highest BCUT2D eigenvalue weighted by Crippen LogP contribution is 2.22. The van der Waals surface area contributed by atoms with Crippen molar-refractivity contribution >= 4 is 17.5 Å². The first-order chi connectivity index (χ1) is 12.8. The van der Waals surface area contributed by atoms with Gasteiger partial charge in [0, 0.05) is 51.2 Å². The molecule has 0 atom stereocenters. The fourth-order valence-corrected chi connectivity index (χ4v) is 3.70. The summed E-state index contributed by atoms with van der Waals surface area (Å²) in [6.45, 7) is 5.92. The monoisotopic (exact) mass is 348 g/mol. The third-order valence-corrected chi connectivity index (χ3v) is 5.23. The van der Waals surface area contributed by atoms with Crippen molar-refractivity contribution in [3.05, 3.63) is 42.1 Å². The molecule has 0 saturated carbocycles. The van der Waals surface area contributed by atoms with Crippen molar-refractivity contribution in [2.24, 2.45) is 0 Å². The van der Waals surface area contributed by atoms with E-state index in [2.05, 4.69) is 25.8 Å². The zero-order chi connectivity index (χ0) is 17.8. The van der Waals surface area contributed by atoms with Gasteiger partial charge in [-0.15, -0.1) is 0 Å². The van der Waals surface area contributed by atoms with E-state index >= 15 is 0 Å². The fraction of sp³-hybridized carbons (Fsp3) is 0.450. The SMILES string of the molecule is N#Cc1ccc(N2CCN(c3ccnc(N4CCCCC4)n3)CC2)cc1. The van der Waals surface area contributed by atoms with Gasteiger partial charge in [-0.05, 0) is 49.6 Å². The second-order valence-corrected chi connectivity index (χ2v) is 6.90. The Morgan fingerprint density at radius 1 is 0.769 bits per heavy atom. The molecule has 2 aromatic rings. The molecule has 0 unspecified atom stereocenters. The zero-order valence-corrected chi connectivity index (χ0v) is 15.0. The summed E-state index contributed by atoms with van der Waals surface area (Å²) in [5.74, 6) is 1.90. The Balaban J connectivity index is 1.40. The van der Waals surface area contributed by atoms with Crippen LogP contribution in [0.3, 0.4) is 0 Å². The van der Waals surface area contributed by atoms with E-state index in [9.17, 15) is 0 Å². The van der Waals surface area contributed by atoms with Crippen LogP contribution in [0.1, 0.15) is 24.8 Å². The Labute approximate surface area is 154 Å². The summed E-state index contributed by atoms with van der Waals surface area (Å²) in [5, 5.41) is 8.93. The Morgan fingerprint density at radius 3 is 2.15 bits per heavy atom. The van der Waals surface area contributed by atoms with Crippen LogP contribution in [-0.4, -0.2) is 49.2 Å². The number of piperazine rings is 1. The van der Waals surface area contributed by atoms with Gasteiger partial charge in [0.25, 0.3) is 0 Å². The average molecular weight is 348 g/mol. The van der Waals surface area contributed by atoms with E-state index in [1.165, 1.54) is 24.9 Å². The normalized spacial score (nSPS) is 17.9. The van der Waals surface area contributed by atoms with Crippen LogP contribution in [0.5, 0.6) is 0 Å². The number of anilines is 3. The van der Waals surface area contributed by atoms with E-state index in [1.807, 2.05) is 36.5 Å². The molecule has 26 heavy (non-hydrogen) atoms. The number of piperidine rings is 1. The lowest BCUT2D eigenvalue weighted by Gasteiger charge is -2.37. The molecular formula is C20H24N6. The summed E-state index contributed by atoms with van der Waals surface area (Å²) < 4.78 is 0. The summed E-state index contributed by atoms with van der Waals surface area (Å²) in [7, 11) is 0. The molecule has 0 N–H and O–H groups in total. The van der Waals surface area contributed by atoms with Gasteiger partial charge < -0.3 is 14.7 Å². The third-order valence-electron chi connectivity index (χ3n) is 5.23. The molecule has 2 fully saturated rings. The summed E-state index contributed by atoms with van der Waals surface area (Å²) in [6.07, 6.45) is 5.67. The Kier molecular flexibility index (Phi) is 4.87. The first kappa shape index (κ1) is 16.6. The quantitative estimate of drug-likeness (QED) is 0.850. The molecule has 1 aromatic carbocycles. The highest BCUT2D eigenvalue weighted by atomic mass is 15.3. The zero-order valence-electron chi connectivity index (χ0n) is 15.0. The molecule has 2 aliphatic rings. The summed E-state index contributed by atoms with van der Waals surface area (Å²) in [6, 6.07) is 12.0. The van der Waals surface area contributed by atoms with Gasteiger partial charge in [0.15, 0.2) is 0 Å². The van der Waals surface area contributed by atoms with Crippen LogP contribution in [-0.2, 0) is 0 Å². The van der Waals surface area contributed by atoms with Gasteiger partial charge in [-0.1, -0.05) is 0 Å². The minimum absolute atomic E-state index is 0.707. The lowest BCUT2D eigenvalue weighted by atomic mass is 10.1. The minimum Gasteiger partial charge on any atom is -0.368 e. The first-order valence-electron chi connectivity index (χ1n) is 9.41. The van der Waals surface area contributed by atoms with Crippen LogP contribution in [0, 0.1) is 11.3 Å². The molecule has 0 amide bonds. The fourth-order valence-electron chi connectivity index (χ4n) is 3.70. The van der Waals surface area contributed by atoms with Crippen LogP contribution in [0.4, 0.5) is 17.5 Å². The maximum atomic E-state index is 8.93. The molecule has 3 heterocycles. The summed E-state index contributed by atoms with van der Waals surface area (Å²) in [4.78, 5) is 16.3. The molecular weight excluding hydrogens is 324 g/mol. The molecule has 0 radical (unpaired) electrons. The predicted octanol–water partition coefficient (Wildman–Crippen LogP) is 2.67. The number of hydrogen-bond donors (Lipinski definition) is 0. The highest BCUT2D eigenvalue weighted by Gasteiger charge is 2.20. The maximum Gasteiger partial charge on any atom is 0.227 e. The first-order valence-corrected chi connectivity index (χ1v) is 9.41. The number of rotatable bonds is 3. The summed E-state index contributed by atoms with van der Waals surface area (Å²) in [5.41, 5.74) is 1.89. The molecule has 2 saturated heterocycles. The minimum atomic E-state index is 0.707. The van der Waals surface area contributed by atoms with Gasteiger partial charge in [0.1, 0.15) is 5.82 Å². The summed E-state index contributed by atoms with van der Waals surface area (Å²) >= 11 is 0. The van der Waals surface area contributed by atoms with Gasteiger partial charge in [-0.25, -0.2) is 4.98 Å². The van der Waals surface area contributed by atoms with E-state index in [0.29, 0.717) is 5.56 Å². The van der Waals surface area contributed by atoms with Crippen LogP contribution in [0.15, 0.2) is 36.5 Å². The van der Waals surface area contributed by atoms with Crippen molar-refractivity contribution in [3.63, 3.8) is 0 Å². The maximum absolute atomic E-state index is 8.93. The van der Waals surface area contributed by atoms with E-state index in [0.717, 1.165) is 51.0 Å². The molecule has 4 rings (SSSR count). The Bertz CT molecular complexity index is 768. The largest absolute Gasteiger partial charge is 0.368 e. The number of hydrogen-bond acceptors (Lipinski definition) is 6. The second-order valence-electron chi connectivity index (χ2n) is 6.90. The Morgan fingerprint density at radius 2 is 1.46 bits per heavy atom. The van der Waals surface area contributed by atoms with Gasteiger partial charge >= 0.3 is 0 Å². The third kappa shape index (κ3) is 3.57. The van der Waals surface area contributed by atoms with E-state index < -0.39 is 0 Å². The molecule has 0 aliphatic carbocycles. The number of benzene rings is 1. The lowest BCUT2D eigenvalue weighted by molar-refractivity contribution is 0.567. The van der Waals surface area contributed by atoms with Gasteiger partial charge in [-0.2, -0.15) is 10.2 Å². The molecule has 134 valence electrons. The van der Waals surface area contributed by atoms with E-state index in [4.69, 9.17) is 10.2 Å². The number of nitrogens with zero attached hydrogens (tertiary/aromatic N) is 6. The van der Waals surface area contributed by atoms with Crippen LogP contribution in [0.2, 0.25) is 0 Å². The van der Waals surface area contributed by atoms with Crippen LogP contribution >= 0.6 is 0 Å². The van der Waals surface area contributed by atoms with Crippen molar-refractivity contribution in [2.75, 3.05) is 54.0 Å². The molecule has 0 spiro atoms. The second kappa shape index (κ2) is 7.61. The molecule has 6 heteroatoms. The van der Waals surface area contributed by atoms with Crippen molar-refractivity contribution < 1.29 is 0 Å². The van der Waals surface area contributed by atoms with E-state index in [1.54, 1.807) is 0 Å². The van der Waals surface area contributed by atoms with Crippen LogP contribution in [0.25, 0.3) is 0 Å². The predicted molar refractivity (Wildman–Crippen MR) is 104 cm³/mol. The Hall–Kier alpha value is -2.81. The smallest absolute Gasteiger partial charge is 0.227 e. The lowest BCUT2D eigenvalue weighted by Crippen LogP contribution is -2.47. The molecule has 1 aromatic heterocycles. The van der Waals surface area contributed by atoms with Gasteiger partial charge in [-0.3, -0.25) is 0 Å². The number of aromatic nitrogens is 2. The molecule has 0 bridgehead atoms. The van der Waals surface area contributed by atoms with Crippen molar-refractivity contribution in [2.45, 2.75) is 19.3 Å². The van der Waals surface area contributed by atoms with Crippen molar-refractivity contribution in [3.8, 4) is 6.07 Å². The van der Waals surface area contributed by atoms with E-state index in [-0.39, 0.29) is 0 Å². The van der Waals surface area contributed by atoms with Gasteiger partial charge in [0.05, 0.1) is 11.6 Å². The standard InChI is InChI=1S/C20H24N6/c21-16-17-4-6-18(7-5-17)24-12-14-25(15-13-24)19-8-9-22-20(23-19)26-10-2-1-3-11-26/h4-9H,1-3,10-15H2.